The molecular formula is C24H49N11O5. The van der Waals surface area contributed by atoms with Crippen LogP contribution in [0, 0.1) is 5.92 Å². The van der Waals surface area contributed by atoms with E-state index in [1.165, 1.54) is 0 Å². The van der Waals surface area contributed by atoms with Gasteiger partial charge in [-0.15, -0.1) is 0 Å². The van der Waals surface area contributed by atoms with Gasteiger partial charge in [-0.25, -0.2) is 4.79 Å². The minimum absolute atomic E-state index is 0.00915. The van der Waals surface area contributed by atoms with Crippen LogP contribution in [0.5, 0.6) is 0 Å². The third kappa shape index (κ3) is 17.0. The first-order valence-corrected chi connectivity index (χ1v) is 13.5. The number of nitrogens with zero attached hydrogens (tertiary/aromatic N) is 2. The molecule has 0 spiro atoms. The summed E-state index contributed by atoms with van der Waals surface area (Å²) in [6.07, 6.45) is 2.79. The van der Waals surface area contributed by atoms with Crippen LogP contribution in [-0.2, 0) is 19.2 Å². The standard InChI is InChI=1S/C24H49N11O5/c1-14(2)13-18(21(38)34-17(22(39)40)8-3-4-10-25)35-20(37)16(9-6-12-32-24(29)30)33-19(36)15(26)7-5-11-31-23(27)28/h14-18H,3-13,25-26H2,1-2H3,(H,33,36)(H,34,38)(H,35,37)(H,39,40)(H4,27,28,31)(H4,29,30,32). The van der Waals surface area contributed by atoms with Gasteiger partial charge in [0.15, 0.2) is 11.9 Å². The first kappa shape index (κ1) is 36.3. The van der Waals surface area contributed by atoms with Crippen molar-refractivity contribution < 1.29 is 24.3 Å². The van der Waals surface area contributed by atoms with Crippen LogP contribution in [0.1, 0.15) is 65.2 Å². The SMILES string of the molecule is CC(C)CC(NC(=O)C(CCCN=C(N)N)NC(=O)C(N)CCCN=C(N)N)C(=O)NC(CCCCN)C(=O)O. The zero-order valence-corrected chi connectivity index (χ0v) is 23.6. The third-order valence-corrected chi connectivity index (χ3v) is 5.78. The molecule has 0 radical (unpaired) electrons. The molecule has 4 atom stereocenters. The van der Waals surface area contributed by atoms with Crippen LogP contribution in [-0.4, -0.2) is 84.5 Å². The van der Waals surface area contributed by atoms with Crippen LogP contribution >= 0.6 is 0 Å². The van der Waals surface area contributed by atoms with Crippen molar-refractivity contribution in [3.63, 3.8) is 0 Å². The molecule has 4 unspecified atom stereocenters. The lowest BCUT2D eigenvalue weighted by molar-refractivity contribution is -0.142. The van der Waals surface area contributed by atoms with Crippen molar-refractivity contribution in [1.82, 2.24) is 16.0 Å². The zero-order chi connectivity index (χ0) is 30.7. The molecule has 0 bridgehead atoms. The van der Waals surface area contributed by atoms with Gasteiger partial charge < -0.3 is 55.5 Å². The molecule has 0 aliphatic rings. The number of amides is 3. The number of guanidine groups is 2. The number of rotatable bonds is 21. The maximum atomic E-state index is 13.3. The number of hydrogen-bond acceptors (Lipinski definition) is 8. The Bertz CT molecular complexity index is 858. The number of unbranched alkanes of at least 4 members (excludes halogenated alkanes) is 1. The van der Waals surface area contributed by atoms with E-state index in [4.69, 9.17) is 34.4 Å². The number of aliphatic imine (C=N–C) groups is 2. The smallest absolute Gasteiger partial charge is 0.326 e. The average Bonchev–Trinajstić information content (AvgIpc) is 2.86. The first-order chi connectivity index (χ1) is 18.8. The van der Waals surface area contributed by atoms with Crippen LogP contribution in [0.4, 0.5) is 0 Å². The molecule has 0 rings (SSSR count). The lowest BCUT2D eigenvalue weighted by Crippen LogP contribution is -2.57. The summed E-state index contributed by atoms with van der Waals surface area (Å²) in [5, 5.41) is 17.3. The van der Waals surface area contributed by atoms with Crippen LogP contribution in [0.3, 0.4) is 0 Å². The van der Waals surface area contributed by atoms with E-state index in [-0.39, 0.29) is 50.1 Å². The molecule has 3 amide bonds. The van der Waals surface area contributed by atoms with Crippen molar-refractivity contribution >= 4 is 35.6 Å². The Hall–Kier alpha value is -3.66. The van der Waals surface area contributed by atoms with E-state index in [9.17, 15) is 24.3 Å². The van der Waals surface area contributed by atoms with Gasteiger partial charge in [-0.2, -0.15) is 0 Å². The summed E-state index contributed by atoms with van der Waals surface area (Å²) in [4.78, 5) is 58.5. The summed E-state index contributed by atoms with van der Waals surface area (Å²) in [7, 11) is 0. The fourth-order valence-corrected chi connectivity index (χ4v) is 3.70. The average molecular weight is 572 g/mol. The topological polar surface area (TPSA) is 305 Å². The van der Waals surface area contributed by atoms with E-state index in [1.54, 1.807) is 0 Å². The largest absolute Gasteiger partial charge is 0.480 e. The molecular weight excluding hydrogens is 522 g/mol. The Morgan fingerprint density at radius 2 is 1.18 bits per heavy atom. The van der Waals surface area contributed by atoms with Gasteiger partial charge in [0.2, 0.25) is 17.7 Å². The van der Waals surface area contributed by atoms with E-state index in [2.05, 4.69) is 25.9 Å². The molecule has 0 aliphatic carbocycles. The molecule has 0 fully saturated rings. The molecule has 16 N–H and O–H groups in total. The molecule has 230 valence electrons. The fourth-order valence-electron chi connectivity index (χ4n) is 3.70. The normalized spacial score (nSPS) is 13.8. The van der Waals surface area contributed by atoms with Gasteiger partial charge in [-0.05, 0) is 63.8 Å². The molecule has 16 heteroatoms. The second-order valence-electron chi connectivity index (χ2n) is 9.94. The van der Waals surface area contributed by atoms with Gasteiger partial charge >= 0.3 is 5.97 Å². The van der Waals surface area contributed by atoms with Crippen LogP contribution in [0.2, 0.25) is 0 Å². The lowest BCUT2D eigenvalue weighted by Gasteiger charge is -2.26. The quantitative estimate of drug-likeness (QED) is 0.0379. The molecule has 16 nitrogen and oxygen atoms in total. The van der Waals surface area contributed by atoms with Crippen molar-refractivity contribution in [3.05, 3.63) is 0 Å². The second-order valence-corrected chi connectivity index (χ2v) is 9.94. The van der Waals surface area contributed by atoms with Gasteiger partial charge in [-0.3, -0.25) is 24.4 Å². The van der Waals surface area contributed by atoms with E-state index < -0.39 is 47.9 Å². The Morgan fingerprint density at radius 1 is 0.700 bits per heavy atom. The van der Waals surface area contributed by atoms with E-state index in [0.29, 0.717) is 38.8 Å². The second kappa shape index (κ2) is 20.3. The number of carbonyl (C=O) groups excluding carboxylic acids is 3. The molecule has 40 heavy (non-hydrogen) atoms. The number of carboxylic acid groups (broad SMARTS) is 1. The number of hydrogen-bond donors (Lipinski definition) is 10. The summed E-state index contributed by atoms with van der Waals surface area (Å²) in [6.45, 7) is 4.63. The molecule has 0 heterocycles. The summed E-state index contributed by atoms with van der Waals surface area (Å²) in [5.74, 6) is -3.20. The molecule has 0 saturated heterocycles. The Balaban J connectivity index is 5.56. The van der Waals surface area contributed by atoms with Crippen molar-refractivity contribution in [1.29, 1.82) is 0 Å². The predicted octanol–water partition coefficient (Wildman–Crippen LogP) is -2.87. The lowest BCUT2D eigenvalue weighted by atomic mass is 10.0. The van der Waals surface area contributed by atoms with Gasteiger partial charge in [0, 0.05) is 13.1 Å². The first-order valence-electron chi connectivity index (χ1n) is 13.5. The summed E-state index contributed by atoms with van der Waals surface area (Å²) < 4.78 is 0. The molecule has 0 aromatic rings. The number of carbonyl (C=O) groups is 4. The third-order valence-electron chi connectivity index (χ3n) is 5.78. The summed E-state index contributed by atoms with van der Waals surface area (Å²) >= 11 is 0. The number of aliphatic carboxylic acids is 1. The fraction of sp³-hybridized carbons (Fsp3) is 0.750. The van der Waals surface area contributed by atoms with Crippen molar-refractivity contribution in [2.75, 3.05) is 19.6 Å². The van der Waals surface area contributed by atoms with Crippen LogP contribution < -0.4 is 50.4 Å². The maximum Gasteiger partial charge on any atom is 0.326 e. The van der Waals surface area contributed by atoms with Gasteiger partial charge in [0.1, 0.15) is 18.1 Å². The molecule has 0 aromatic heterocycles. The summed E-state index contributed by atoms with van der Waals surface area (Å²) in [5.41, 5.74) is 32.8. The highest BCUT2D eigenvalue weighted by Crippen LogP contribution is 2.09. The highest BCUT2D eigenvalue weighted by molar-refractivity contribution is 5.94. The number of carboxylic acids is 1. The number of nitrogens with one attached hydrogen (secondary N) is 3. The minimum atomic E-state index is -1.18. The van der Waals surface area contributed by atoms with Crippen molar-refractivity contribution in [2.24, 2.45) is 50.3 Å². The predicted molar refractivity (Wildman–Crippen MR) is 154 cm³/mol. The van der Waals surface area contributed by atoms with E-state index in [1.807, 2.05) is 13.8 Å². The summed E-state index contributed by atoms with van der Waals surface area (Å²) in [6, 6.07) is -4.14. The Labute approximate surface area is 235 Å². The molecule has 0 aliphatic heterocycles. The molecule has 0 saturated carbocycles. The molecule has 0 aromatic carbocycles. The van der Waals surface area contributed by atoms with E-state index >= 15 is 0 Å². The van der Waals surface area contributed by atoms with Gasteiger partial charge in [0.25, 0.3) is 0 Å². The van der Waals surface area contributed by atoms with Gasteiger partial charge in [0.05, 0.1) is 6.04 Å². The maximum absolute atomic E-state index is 13.3. The monoisotopic (exact) mass is 571 g/mol. The van der Waals surface area contributed by atoms with Crippen molar-refractivity contribution in [2.45, 2.75) is 89.4 Å². The van der Waals surface area contributed by atoms with Crippen LogP contribution in [0.15, 0.2) is 9.98 Å². The zero-order valence-electron chi connectivity index (χ0n) is 23.6. The highest BCUT2D eigenvalue weighted by atomic mass is 16.4. The van der Waals surface area contributed by atoms with Crippen LogP contribution in [0.25, 0.3) is 0 Å². The highest BCUT2D eigenvalue weighted by Gasteiger charge is 2.30. The number of nitrogens with two attached hydrogens (primary N) is 6. The Morgan fingerprint density at radius 3 is 1.68 bits per heavy atom. The Kier molecular flexibility index (Phi) is 18.4. The van der Waals surface area contributed by atoms with Crippen molar-refractivity contribution in [3.8, 4) is 0 Å². The van der Waals surface area contributed by atoms with E-state index in [0.717, 1.165) is 0 Å². The minimum Gasteiger partial charge on any atom is -0.480 e. The van der Waals surface area contributed by atoms with Gasteiger partial charge in [-0.1, -0.05) is 13.8 Å².